The summed E-state index contributed by atoms with van der Waals surface area (Å²) in [7, 11) is 4.00. The van der Waals surface area contributed by atoms with Crippen LogP contribution < -0.4 is 15.8 Å². The van der Waals surface area contributed by atoms with Crippen LogP contribution in [0.5, 0.6) is 0 Å². The van der Waals surface area contributed by atoms with Crippen LogP contribution >= 0.6 is 11.6 Å². The molecule has 0 amide bonds. The first kappa shape index (κ1) is 16.0. The quantitative estimate of drug-likeness (QED) is 0.846. The van der Waals surface area contributed by atoms with Gasteiger partial charge >= 0.3 is 0 Å². The van der Waals surface area contributed by atoms with E-state index in [0.717, 1.165) is 31.4 Å². The van der Waals surface area contributed by atoms with Gasteiger partial charge in [-0.15, -0.1) is 6.58 Å². The van der Waals surface area contributed by atoms with Gasteiger partial charge in [-0.05, 0) is 32.7 Å². The minimum absolute atomic E-state index is 0.241. The summed E-state index contributed by atoms with van der Waals surface area (Å²) in [4.78, 5) is 14.2. The Bertz CT molecular complexity index is 549. The smallest absolute Gasteiger partial charge is 0.287 e. The Morgan fingerprint density at radius 1 is 1.52 bits per heavy atom. The SMILES string of the molecule is C=CCn1ncc(N(C)C2CCC(NC)CC2)c(Cl)c1=O. The molecule has 6 heteroatoms. The van der Waals surface area contributed by atoms with E-state index in [1.54, 1.807) is 12.3 Å². The zero-order valence-electron chi connectivity index (χ0n) is 12.7. The van der Waals surface area contributed by atoms with E-state index in [4.69, 9.17) is 11.6 Å². The summed E-state index contributed by atoms with van der Waals surface area (Å²) in [6.45, 7) is 3.98. The third-order valence-corrected chi connectivity index (χ3v) is 4.66. The topological polar surface area (TPSA) is 50.2 Å². The first-order valence-electron chi connectivity index (χ1n) is 7.35. The molecule has 2 rings (SSSR count). The van der Waals surface area contributed by atoms with Gasteiger partial charge in [0.15, 0.2) is 0 Å². The minimum Gasteiger partial charge on any atom is -0.369 e. The monoisotopic (exact) mass is 310 g/mol. The van der Waals surface area contributed by atoms with Crippen LogP contribution in [0.25, 0.3) is 0 Å². The summed E-state index contributed by atoms with van der Waals surface area (Å²) in [6, 6.07) is 1.01. The zero-order valence-corrected chi connectivity index (χ0v) is 13.4. The molecule has 5 nitrogen and oxygen atoms in total. The molecule has 1 aliphatic carbocycles. The molecule has 116 valence electrons. The molecule has 0 unspecified atom stereocenters. The van der Waals surface area contributed by atoms with Crippen molar-refractivity contribution in [2.75, 3.05) is 19.0 Å². The van der Waals surface area contributed by atoms with E-state index in [1.165, 1.54) is 4.68 Å². The van der Waals surface area contributed by atoms with Crippen molar-refractivity contribution in [3.63, 3.8) is 0 Å². The van der Waals surface area contributed by atoms with E-state index in [9.17, 15) is 4.79 Å². The number of hydrogen-bond acceptors (Lipinski definition) is 4. The van der Waals surface area contributed by atoms with Gasteiger partial charge in [-0.2, -0.15) is 5.10 Å². The second kappa shape index (κ2) is 7.09. The van der Waals surface area contributed by atoms with Crippen molar-refractivity contribution in [1.82, 2.24) is 15.1 Å². The number of aromatic nitrogens is 2. The van der Waals surface area contributed by atoms with Crippen LogP contribution in [0.2, 0.25) is 5.02 Å². The molecular weight excluding hydrogens is 288 g/mol. The minimum atomic E-state index is -0.259. The third kappa shape index (κ3) is 3.47. The Balaban J connectivity index is 2.16. The average molecular weight is 311 g/mol. The molecule has 0 aliphatic heterocycles. The van der Waals surface area contributed by atoms with Crippen LogP contribution in [0.4, 0.5) is 5.69 Å². The summed E-state index contributed by atoms with van der Waals surface area (Å²) >= 11 is 6.24. The predicted molar refractivity (Wildman–Crippen MR) is 87.2 cm³/mol. The highest BCUT2D eigenvalue weighted by molar-refractivity contribution is 6.33. The molecule has 0 spiro atoms. The largest absolute Gasteiger partial charge is 0.369 e. The lowest BCUT2D eigenvalue weighted by atomic mass is 9.90. The number of halogens is 1. The van der Waals surface area contributed by atoms with Gasteiger partial charge in [0.25, 0.3) is 5.56 Å². The fourth-order valence-corrected chi connectivity index (χ4v) is 3.18. The van der Waals surface area contributed by atoms with E-state index < -0.39 is 0 Å². The highest BCUT2D eigenvalue weighted by atomic mass is 35.5. The molecule has 1 heterocycles. The molecule has 1 fully saturated rings. The zero-order chi connectivity index (χ0) is 15.4. The summed E-state index contributed by atoms with van der Waals surface area (Å²) < 4.78 is 1.32. The van der Waals surface area contributed by atoms with Crippen molar-refractivity contribution in [3.05, 3.63) is 34.2 Å². The Labute approximate surface area is 130 Å². The van der Waals surface area contributed by atoms with E-state index >= 15 is 0 Å². The lowest BCUT2D eigenvalue weighted by molar-refractivity contribution is 0.351. The number of hydrogen-bond donors (Lipinski definition) is 1. The molecule has 1 aromatic rings. The molecule has 0 saturated heterocycles. The Morgan fingerprint density at radius 2 is 2.19 bits per heavy atom. The number of anilines is 1. The molecule has 0 aromatic carbocycles. The molecule has 0 atom stereocenters. The van der Waals surface area contributed by atoms with Crippen molar-refractivity contribution in [3.8, 4) is 0 Å². The molecular formula is C15H23ClN4O. The molecule has 1 saturated carbocycles. The first-order valence-corrected chi connectivity index (χ1v) is 7.72. The van der Waals surface area contributed by atoms with Crippen LogP contribution in [0.3, 0.4) is 0 Å². The second-order valence-corrected chi connectivity index (χ2v) is 5.90. The molecule has 21 heavy (non-hydrogen) atoms. The van der Waals surface area contributed by atoms with E-state index in [-0.39, 0.29) is 10.6 Å². The number of allylic oxidation sites excluding steroid dienone is 1. The standard InChI is InChI=1S/C15H23ClN4O/c1-4-9-20-15(21)14(16)13(10-18-20)19(3)12-7-5-11(17-2)6-8-12/h4,10-12,17H,1,5-9H2,2-3H3. The second-order valence-electron chi connectivity index (χ2n) is 5.52. The van der Waals surface area contributed by atoms with E-state index in [2.05, 4.69) is 21.9 Å². The number of nitrogens with one attached hydrogen (secondary N) is 1. The van der Waals surface area contributed by atoms with Gasteiger partial charge in [0.05, 0.1) is 18.4 Å². The van der Waals surface area contributed by atoms with Crippen LogP contribution in [0.1, 0.15) is 25.7 Å². The van der Waals surface area contributed by atoms with Gasteiger partial charge in [0.2, 0.25) is 0 Å². The van der Waals surface area contributed by atoms with Crippen molar-refractivity contribution in [1.29, 1.82) is 0 Å². The number of nitrogens with zero attached hydrogens (tertiary/aromatic N) is 3. The highest BCUT2D eigenvalue weighted by Crippen LogP contribution is 2.28. The van der Waals surface area contributed by atoms with Gasteiger partial charge in [-0.3, -0.25) is 4.79 Å². The number of rotatable bonds is 5. The summed E-state index contributed by atoms with van der Waals surface area (Å²) in [6.07, 6.45) is 7.78. The maximum absolute atomic E-state index is 12.1. The van der Waals surface area contributed by atoms with Gasteiger partial charge < -0.3 is 10.2 Å². The normalized spacial score (nSPS) is 22.0. The summed E-state index contributed by atoms with van der Waals surface area (Å²) in [5.41, 5.74) is 0.458. The maximum atomic E-state index is 12.1. The predicted octanol–water partition coefficient (Wildman–Crippen LogP) is 2.05. The highest BCUT2D eigenvalue weighted by Gasteiger charge is 2.25. The molecule has 1 N–H and O–H groups in total. The fourth-order valence-electron chi connectivity index (χ4n) is 2.90. The summed E-state index contributed by atoms with van der Waals surface area (Å²) in [5.74, 6) is 0. The lowest BCUT2D eigenvalue weighted by Crippen LogP contribution is -2.40. The van der Waals surface area contributed by atoms with Gasteiger partial charge in [-0.1, -0.05) is 17.7 Å². The van der Waals surface area contributed by atoms with Gasteiger partial charge in [-0.25, -0.2) is 4.68 Å². The lowest BCUT2D eigenvalue weighted by Gasteiger charge is -2.36. The molecule has 1 aliphatic rings. The molecule has 0 radical (unpaired) electrons. The Morgan fingerprint density at radius 3 is 2.76 bits per heavy atom. The average Bonchev–Trinajstić information content (AvgIpc) is 2.52. The van der Waals surface area contributed by atoms with E-state index in [0.29, 0.717) is 18.6 Å². The Hall–Kier alpha value is -1.33. The van der Waals surface area contributed by atoms with Crippen LogP contribution in [0, 0.1) is 0 Å². The van der Waals surface area contributed by atoms with Crippen LogP contribution in [-0.2, 0) is 6.54 Å². The maximum Gasteiger partial charge on any atom is 0.287 e. The van der Waals surface area contributed by atoms with Gasteiger partial charge in [0.1, 0.15) is 5.02 Å². The fraction of sp³-hybridized carbons (Fsp3) is 0.600. The van der Waals surface area contributed by atoms with Crippen molar-refractivity contribution < 1.29 is 0 Å². The van der Waals surface area contributed by atoms with Crippen molar-refractivity contribution in [2.45, 2.75) is 44.3 Å². The molecule has 0 bridgehead atoms. The molecule has 1 aromatic heterocycles. The first-order chi connectivity index (χ1) is 10.1. The third-order valence-electron chi connectivity index (χ3n) is 4.30. The van der Waals surface area contributed by atoms with Crippen molar-refractivity contribution in [2.24, 2.45) is 0 Å². The summed E-state index contributed by atoms with van der Waals surface area (Å²) in [5, 5.41) is 7.74. The van der Waals surface area contributed by atoms with Crippen LogP contribution in [-0.4, -0.2) is 36.0 Å². The van der Waals surface area contributed by atoms with E-state index in [1.807, 2.05) is 14.1 Å². The van der Waals surface area contributed by atoms with Crippen LogP contribution in [0.15, 0.2) is 23.6 Å². The van der Waals surface area contributed by atoms with Crippen molar-refractivity contribution >= 4 is 17.3 Å². The Kier molecular flexibility index (Phi) is 5.42. The van der Waals surface area contributed by atoms with Gasteiger partial charge in [0, 0.05) is 19.1 Å².